The largest absolute Gasteiger partial charge is 0.484 e. The molecule has 1 fully saturated rings. The van der Waals surface area contributed by atoms with Gasteiger partial charge in [-0.15, -0.1) is 0 Å². The minimum absolute atomic E-state index is 0.0152. The highest BCUT2D eigenvalue weighted by Crippen LogP contribution is 2.07. The van der Waals surface area contributed by atoms with Crippen LogP contribution in [0.1, 0.15) is 6.92 Å². The van der Waals surface area contributed by atoms with Crippen LogP contribution in [0.3, 0.4) is 0 Å². The molecule has 1 aliphatic rings. The Morgan fingerprint density at radius 1 is 1.38 bits per heavy atom. The summed E-state index contributed by atoms with van der Waals surface area (Å²) in [6.45, 7) is 4.18. The third kappa shape index (κ3) is 4.75. The molecule has 1 heterocycles. The third-order valence-corrected chi connectivity index (χ3v) is 3.37. The van der Waals surface area contributed by atoms with Crippen LogP contribution in [-0.2, 0) is 9.59 Å². The minimum atomic E-state index is -0.296. The predicted octanol–water partition coefficient (Wildman–Crippen LogP) is 0.00190. The molecule has 2 amide bonds. The molecule has 2 rings (SSSR count). The lowest BCUT2D eigenvalue weighted by molar-refractivity contribution is -0.135. The number of hydrogen-bond donors (Lipinski definition) is 2. The Labute approximate surface area is 124 Å². The summed E-state index contributed by atoms with van der Waals surface area (Å²) in [4.78, 5) is 25.5. The molecule has 21 heavy (non-hydrogen) atoms. The van der Waals surface area contributed by atoms with Gasteiger partial charge in [-0.3, -0.25) is 9.59 Å². The maximum absolute atomic E-state index is 12.0. The molecular weight excluding hydrogens is 270 g/mol. The van der Waals surface area contributed by atoms with E-state index in [2.05, 4.69) is 10.6 Å². The van der Waals surface area contributed by atoms with E-state index in [4.69, 9.17) is 4.74 Å². The second kappa shape index (κ2) is 7.64. The van der Waals surface area contributed by atoms with Crippen molar-refractivity contribution in [3.63, 3.8) is 0 Å². The highest BCUT2D eigenvalue weighted by molar-refractivity contribution is 5.85. The number of hydrogen-bond acceptors (Lipinski definition) is 4. The van der Waals surface area contributed by atoms with Gasteiger partial charge in [0, 0.05) is 25.7 Å². The minimum Gasteiger partial charge on any atom is -0.484 e. The number of rotatable bonds is 5. The molecule has 0 aromatic heterocycles. The number of carbonyl (C=O) groups excluding carboxylic acids is 2. The van der Waals surface area contributed by atoms with Gasteiger partial charge < -0.3 is 20.3 Å². The monoisotopic (exact) mass is 291 g/mol. The number of amides is 2. The number of piperazine rings is 1. The lowest BCUT2D eigenvalue weighted by Gasteiger charge is -2.34. The van der Waals surface area contributed by atoms with Gasteiger partial charge in [0.15, 0.2) is 6.61 Å². The Hall–Kier alpha value is -2.08. The molecule has 114 valence electrons. The predicted molar refractivity (Wildman–Crippen MR) is 79.0 cm³/mol. The second-order valence-electron chi connectivity index (χ2n) is 5.02. The summed E-state index contributed by atoms with van der Waals surface area (Å²) in [6, 6.07) is 9.26. The van der Waals surface area contributed by atoms with Gasteiger partial charge in [-0.25, -0.2) is 0 Å². The van der Waals surface area contributed by atoms with E-state index >= 15 is 0 Å². The number of ether oxygens (including phenoxy) is 1. The smallest absolute Gasteiger partial charge is 0.258 e. The molecule has 0 saturated carbocycles. The molecular formula is C15H21N3O3. The normalized spacial score (nSPS) is 18.1. The molecule has 0 spiro atoms. The zero-order valence-electron chi connectivity index (χ0n) is 12.2. The average Bonchev–Trinajstić information content (AvgIpc) is 2.52. The van der Waals surface area contributed by atoms with E-state index in [1.807, 2.05) is 25.1 Å². The zero-order chi connectivity index (χ0) is 15.1. The standard InChI is InChI=1S/C15H21N3O3/c1-12-9-16-7-8-18(12)15(20)10-17-14(19)11-21-13-5-3-2-4-6-13/h2-6,12,16H,7-11H2,1H3,(H,17,19)/t12-/m1/s1. The van der Waals surface area contributed by atoms with E-state index in [0.717, 1.165) is 13.1 Å². The first kappa shape index (κ1) is 15.3. The first-order chi connectivity index (χ1) is 10.2. The van der Waals surface area contributed by atoms with Gasteiger partial charge in [0.05, 0.1) is 6.54 Å². The van der Waals surface area contributed by atoms with Crippen molar-refractivity contribution in [2.75, 3.05) is 32.8 Å². The van der Waals surface area contributed by atoms with Crippen molar-refractivity contribution < 1.29 is 14.3 Å². The highest BCUT2D eigenvalue weighted by Gasteiger charge is 2.22. The Kier molecular flexibility index (Phi) is 5.57. The number of para-hydroxylation sites is 1. The summed E-state index contributed by atoms with van der Waals surface area (Å²) in [5, 5.41) is 5.82. The van der Waals surface area contributed by atoms with Crippen molar-refractivity contribution in [2.24, 2.45) is 0 Å². The molecule has 1 saturated heterocycles. The van der Waals surface area contributed by atoms with Crippen molar-refractivity contribution in [1.82, 2.24) is 15.5 Å². The van der Waals surface area contributed by atoms with Crippen LogP contribution in [0.25, 0.3) is 0 Å². The van der Waals surface area contributed by atoms with Gasteiger partial charge in [0.1, 0.15) is 5.75 Å². The summed E-state index contributed by atoms with van der Waals surface area (Å²) in [5.74, 6) is 0.279. The molecule has 6 nitrogen and oxygen atoms in total. The van der Waals surface area contributed by atoms with Crippen molar-refractivity contribution in [3.8, 4) is 5.75 Å². The number of nitrogens with one attached hydrogen (secondary N) is 2. The molecule has 1 aromatic rings. The van der Waals surface area contributed by atoms with Gasteiger partial charge in [-0.1, -0.05) is 18.2 Å². The van der Waals surface area contributed by atoms with Gasteiger partial charge in [-0.2, -0.15) is 0 Å². The van der Waals surface area contributed by atoms with Crippen LogP contribution in [0.4, 0.5) is 0 Å². The number of carbonyl (C=O) groups is 2. The average molecular weight is 291 g/mol. The first-order valence-electron chi connectivity index (χ1n) is 7.11. The zero-order valence-corrected chi connectivity index (χ0v) is 12.2. The van der Waals surface area contributed by atoms with Gasteiger partial charge >= 0.3 is 0 Å². The van der Waals surface area contributed by atoms with Crippen LogP contribution in [-0.4, -0.2) is 55.5 Å². The second-order valence-corrected chi connectivity index (χ2v) is 5.02. The maximum atomic E-state index is 12.0. The molecule has 1 aliphatic heterocycles. The highest BCUT2D eigenvalue weighted by atomic mass is 16.5. The summed E-state index contributed by atoms with van der Waals surface area (Å²) < 4.78 is 5.32. The topological polar surface area (TPSA) is 70.7 Å². The van der Waals surface area contributed by atoms with E-state index < -0.39 is 0 Å². The van der Waals surface area contributed by atoms with Crippen molar-refractivity contribution in [1.29, 1.82) is 0 Å². The third-order valence-electron chi connectivity index (χ3n) is 3.37. The van der Waals surface area contributed by atoms with Crippen LogP contribution in [0.15, 0.2) is 30.3 Å². The Morgan fingerprint density at radius 2 is 2.14 bits per heavy atom. The summed E-state index contributed by atoms with van der Waals surface area (Å²) in [5.41, 5.74) is 0. The Balaban J connectivity index is 1.69. The Morgan fingerprint density at radius 3 is 2.86 bits per heavy atom. The van der Waals surface area contributed by atoms with E-state index in [9.17, 15) is 9.59 Å². The first-order valence-corrected chi connectivity index (χ1v) is 7.11. The fourth-order valence-corrected chi connectivity index (χ4v) is 2.20. The van der Waals surface area contributed by atoms with Crippen LogP contribution >= 0.6 is 0 Å². The lowest BCUT2D eigenvalue weighted by atomic mass is 10.2. The van der Waals surface area contributed by atoms with Crippen molar-refractivity contribution in [3.05, 3.63) is 30.3 Å². The molecule has 0 bridgehead atoms. The van der Waals surface area contributed by atoms with Gasteiger partial charge in [-0.05, 0) is 19.1 Å². The Bertz CT molecular complexity index is 478. The van der Waals surface area contributed by atoms with Gasteiger partial charge in [0.2, 0.25) is 5.91 Å². The fraction of sp³-hybridized carbons (Fsp3) is 0.467. The summed E-state index contributed by atoms with van der Waals surface area (Å²) in [7, 11) is 0. The fourth-order valence-electron chi connectivity index (χ4n) is 2.20. The SMILES string of the molecule is C[C@@H]1CNCCN1C(=O)CNC(=O)COc1ccccc1. The molecule has 1 atom stereocenters. The molecule has 1 aromatic carbocycles. The van der Waals surface area contributed by atoms with Crippen molar-refractivity contribution in [2.45, 2.75) is 13.0 Å². The summed E-state index contributed by atoms with van der Waals surface area (Å²) in [6.07, 6.45) is 0. The quantitative estimate of drug-likeness (QED) is 0.801. The molecule has 2 N–H and O–H groups in total. The van der Waals surface area contributed by atoms with E-state index in [1.165, 1.54) is 0 Å². The molecule has 0 aliphatic carbocycles. The van der Waals surface area contributed by atoms with E-state index in [0.29, 0.717) is 12.3 Å². The van der Waals surface area contributed by atoms with Crippen molar-refractivity contribution >= 4 is 11.8 Å². The van der Waals surface area contributed by atoms with Crippen LogP contribution in [0.5, 0.6) is 5.75 Å². The van der Waals surface area contributed by atoms with E-state index in [-0.39, 0.29) is 31.0 Å². The van der Waals surface area contributed by atoms with Crippen LogP contribution in [0, 0.1) is 0 Å². The molecule has 0 radical (unpaired) electrons. The number of nitrogens with zero attached hydrogens (tertiary/aromatic N) is 1. The van der Waals surface area contributed by atoms with E-state index in [1.54, 1.807) is 17.0 Å². The molecule has 6 heteroatoms. The van der Waals surface area contributed by atoms with Crippen LogP contribution < -0.4 is 15.4 Å². The molecule has 0 unspecified atom stereocenters. The van der Waals surface area contributed by atoms with Crippen LogP contribution in [0.2, 0.25) is 0 Å². The number of benzene rings is 1. The summed E-state index contributed by atoms with van der Waals surface area (Å²) >= 11 is 0. The maximum Gasteiger partial charge on any atom is 0.258 e. The van der Waals surface area contributed by atoms with Gasteiger partial charge in [0.25, 0.3) is 5.91 Å². The lowest BCUT2D eigenvalue weighted by Crippen LogP contribution is -2.54.